The molecular weight excluding hydrogens is 278 g/mol. The zero-order valence-electron chi connectivity index (χ0n) is 13.1. The number of benzene rings is 1. The highest BCUT2D eigenvalue weighted by molar-refractivity contribution is 5.85. The van der Waals surface area contributed by atoms with Gasteiger partial charge in [-0.15, -0.1) is 0 Å². The van der Waals surface area contributed by atoms with Gasteiger partial charge < -0.3 is 9.64 Å². The largest absolute Gasteiger partial charge is 0.467 e. The number of carbonyl (C=O) groups is 2. The fraction of sp³-hybridized carbons (Fsp3) is 0.556. The second-order valence-corrected chi connectivity index (χ2v) is 6.35. The smallest absolute Gasteiger partial charge is 0.328 e. The highest BCUT2D eigenvalue weighted by atomic mass is 16.5. The first-order valence-corrected chi connectivity index (χ1v) is 8.13. The van der Waals surface area contributed by atoms with Gasteiger partial charge >= 0.3 is 5.97 Å². The number of amides is 1. The lowest BCUT2D eigenvalue weighted by atomic mass is 9.82. The average molecular weight is 301 g/mol. The fourth-order valence-corrected chi connectivity index (χ4v) is 3.76. The number of hydrogen-bond donors (Lipinski definition) is 0. The lowest BCUT2D eigenvalue weighted by Crippen LogP contribution is -2.42. The molecule has 0 radical (unpaired) electrons. The Morgan fingerprint density at radius 2 is 2.00 bits per heavy atom. The third-order valence-corrected chi connectivity index (χ3v) is 4.96. The van der Waals surface area contributed by atoms with E-state index in [0.717, 1.165) is 32.1 Å². The molecule has 1 aromatic rings. The van der Waals surface area contributed by atoms with E-state index >= 15 is 0 Å². The maximum atomic E-state index is 12.6. The van der Waals surface area contributed by atoms with Crippen LogP contribution in [0.25, 0.3) is 0 Å². The zero-order chi connectivity index (χ0) is 15.5. The minimum Gasteiger partial charge on any atom is -0.467 e. The Hall–Kier alpha value is -1.84. The van der Waals surface area contributed by atoms with Crippen LogP contribution in [0, 0.1) is 5.92 Å². The van der Waals surface area contributed by atoms with Crippen LogP contribution >= 0.6 is 0 Å². The number of fused-ring (bicyclic) bond motifs is 1. The quantitative estimate of drug-likeness (QED) is 0.805. The molecule has 1 heterocycles. The summed E-state index contributed by atoms with van der Waals surface area (Å²) >= 11 is 0. The van der Waals surface area contributed by atoms with Gasteiger partial charge in [-0.3, -0.25) is 4.79 Å². The zero-order valence-corrected chi connectivity index (χ0v) is 13.1. The number of hydrogen-bond acceptors (Lipinski definition) is 3. The number of ether oxygens (including phenoxy) is 1. The molecule has 1 aliphatic carbocycles. The van der Waals surface area contributed by atoms with Crippen LogP contribution in [-0.2, 0) is 27.2 Å². The van der Waals surface area contributed by atoms with Gasteiger partial charge in [0.05, 0.1) is 7.11 Å². The van der Waals surface area contributed by atoms with Crippen molar-refractivity contribution in [3.63, 3.8) is 0 Å². The molecular formula is C18H23NO3. The molecule has 1 amide bonds. The number of esters is 1. The molecule has 1 aliphatic heterocycles. The van der Waals surface area contributed by atoms with Gasteiger partial charge in [0, 0.05) is 13.0 Å². The van der Waals surface area contributed by atoms with Gasteiger partial charge in [0.1, 0.15) is 6.04 Å². The first kappa shape index (κ1) is 15.1. The number of nitrogens with zero attached hydrogens (tertiary/aromatic N) is 1. The Morgan fingerprint density at radius 3 is 2.77 bits per heavy atom. The van der Waals surface area contributed by atoms with Crippen molar-refractivity contribution in [3.05, 3.63) is 35.4 Å². The van der Waals surface area contributed by atoms with Crippen LogP contribution in [0.1, 0.15) is 36.8 Å². The molecule has 2 aliphatic rings. The minimum atomic E-state index is -0.367. The summed E-state index contributed by atoms with van der Waals surface area (Å²) < 4.78 is 4.82. The summed E-state index contributed by atoms with van der Waals surface area (Å²) in [5.74, 6) is 0.221. The van der Waals surface area contributed by atoms with E-state index in [-0.39, 0.29) is 17.9 Å². The van der Waals surface area contributed by atoms with Crippen molar-refractivity contribution in [2.45, 2.75) is 44.6 Å². The summed E-state index contributed by atoms with van der Waals surface area (Å²) in [6, 6.07) is 8.13. The fourth-order valence-electron chi connectivity index (χ4n) is 3.76. The Labute approximate surface area is 131 Å². The van der Waals surface area contributed by atoms with E-state index in [2.05, 4.69) is 24.3 Å². The molecule has 4 heteroatoms. The van der Waals surface area contributed by atoms with Crippen molar-refractivity contribution in [3.8, 4) is 0 Å². The number of rotatable bonds is 3. The highest BCUT2D eigenvalue weighted by Gasteiger charge is 2.35. The predicted octanol–water partition coefficient (Wildman–Crippen LogP) is 2.35. The van der Waals surface area contributed by atoms with Crippen molar-refractivity contribution in [1.29, 1.82) is 0 Å². The van der Waals surface area contributed by atoms with E-state index in [9.17, 15) is 9.59 Å². The molecule has 0 N–H and O–H groups in total. The van der Waals surface area contributed by atoms with Crippen LogP contribution in [0.3, 0.4) is 0 Å². The lowest BCUT2D eigenvalue weighted by Gasteiger charge is -2.28. The topological polar surface area (TPSA) is 46.6 Å². The third-order valence-electron chi connectivity index (χ3n) is 4.96. The van der Waals surface area contributed by atoms with Crippen LogP contribution in [-0.4, -0.2) is 36.5 Å². The second kappa shape index (κ2) is 6.51. The number of carbonyl (C=O) groups excluding carboxylic acids is 2. The van der Waals surface area contributed by atoms with E-state index in [4.69, 9.17) is 4.74 Å². The lowest BCUT2D eigenvalue weighted by molar-refractivity contribution is -0.151. The van der Waals surface area contributed by atoms with E-state index in [1.807, 2.05) is 0 Å². The molecule has 1 fully saturated rings. The monoisotopic (exact) mass is 301 g/mol. The molecule has 118 valence electrons. The van der Waals surface area contributed by atoms with Crippen molar-refractivity contribution in [2.24, 2.45) is 5.92 Å². The Bertz CT molecular complexity index is 569. The molecule has 0 saturated carbocycles. The van der Waals surface area contributed by atoms with E-state index in [1.54, 1.807) is 4.90 Å². The van der Waals surface area contributed by atoms with Crippen molar-refractivity contribution in [1.82, 2.24) is 4.90 Å². The molecule has 1 saturated heterocycles. The van der Waals surface area contributed by atoms with Crippen LogP contribution in [0.5, 0.6) is 0 Å². The predicted molar refractivity (Wildman–Crippen MR) is 83.3 cm³/mol. The van der Waals surface area contributed by atoms with Crippen LogP contribution in [0.15, 0.2) is 24.3 Å². The van der Waals surface area contributed by atoms with Gasteiger partial charge in [0.15, 0.2) is 0 Å². The van der Waals surface area contributed by atoms with Crippen molar-refractivity contribution >= 4 is 11.9 Å². The maximum absolute atomic E-state index is 12.6. The summed E-state index contributed by atoms with van der Waals surface area (Å²) in [5.41, 5.74) is 2.79. The van der Waals surface area contributed by atoms with Crippen LogP contribution in [0.2, 0.25) is 0 Å². The van der Waals surface area contributed by atoms with Gasteiger partial charge in [-0.25, -0.2) is 4.79 Å². The molecule has 1 aromatic carbocycles. The molecule has 3 rings (SSSR count). The molecule has 0 aromatic heterocycles. The summed E-state index contributed by atoms with van der Waals surface area (Å²) in [6.45, 7) is 0.682. The minimum absolute atomic E-state index is 0.109. The van der Waals surface area contributed by atoms with E-state index < -0.39 is 0 Å². The van der Waals surface area contributed by atoms with Gasteiger partial charge in [-0.05, 0) is 49.1 Å². The Morgan fingerprint density at radius 1 is 1.23 bits per heavy atom. The molecule has 4 nitrogen and oxygen atoms in total. The Balaban J connectivity index is 1.62. The normalized spacial score (nSPS) is 24.0. The summed E-state index contributed by atoms with van der Waals surface area (Å²) in [4.78, 5) is 26.1. The summed E-state index contributed by atoms with van der Waals surface area (Å²) in [5, 5.41) is 0. The summed E-state index contributed by atoms with van der Waals surface area (Å²) in [6.07, 6.45) is 5.24. The van der Waals surface area contributed by atoms with Crippen molar-refractivity contribution < 1.29 is 14.3 Å². The third kappa shape index (κ3) is 3.01. The number of aryl methyl sites for hydroxylation is 1. The first-order chi connectivity index (χ1) is 10.7. The van der Waals surface area contributed by atoms with E-state index in [1.165, 1.54) is 18.2 Å². The highest BCUT2D eigenvalue weighted by Crippen LogP contribution is 2.29. The van der Waals surface area contributed by atoms with Crippen molar-refractivity contribution in [2.75, 3.05) is 13.7 Å². The standard InChI is InChI=1S/C18H23NO3/c1-22-18(21)16-7-4-10-19(16)17(20)12-13-8-9-14-5-2-3-6-15(14)11-13/h2-3,5-6,13,16H,4,7-12H2,1H3/t13?,16-/m0/s1. The van der Waals surface area contributed by atoms with Crippen LogP contribution < -0.4 is 0 Å². The molecule has 1 unspecified atom stereocenters. The SMILES string of the molecule is COC(=O)[C@@H]1CCCN1C(=O)CC1CCc2ccccc2C1. The molecule has 2 atom stereocenters. The van der Waals surface area contributed by atoms with Crippen LogP contribution in [0.4, 0.5) is 0 Å². The van der Waals surface area contributed by atoms with Gasteiger partial charge in [0.25, 0.3) is 0 Å². The first-order valence-electron chi connectivity index (χ1n) is 8.13. The average Bonchev–Trinajstić information content (AvgIpc) is 3.03. The van der Waals surface area contributed by atoms with Gasteiger partial charge in [0.2, 0.25) is 5.91 Å². The molecule has 22 heavy (non-hydrogen) atoms. The Kier molecular flexibility index (Phi) is 4.46. The number of likely N-dealkylation sites (tertiary alicyclic amines) is 1. The molecule has 0 bridgehead atoms. The molecule has 0 spiro atoms. The van der Waals surface area contributed by atoms with Gasteiger partial charge in [-0.1, -0.05) is 24.3 Å². The number of methoxy groups -OCH3 is 1. The van der Waals surface area contributed by atoms with E-state index in [0.29, 0.717) is 18.9 Å². The maximum Gasteiger partial charge on any atom is 0.328 e. The summed E-state index contributed by atoms with van der Waals surface area (Å²) in [7, 11) is 1.39. The van der Waals surface area contributed by atoms with Gasteiger partial charge in [-0.2, -0.15) is 0 Å². The second-order valence-electron chi connectivity index (χ2n) is 6.35.